The summed E-state index contributed by atoms with van der Waals surface area (Å²) in [6.45, 7) is 0. The average molecular weight is 688 g/mol. The van der Waals surface area contributed by atoms with Gasteiger partial charge >= 0.3 is 0 Å². The van der Waals surface area contributed by atoms with Gasteiger partial charge in [-0.25, -0.2) is 15.0 Å². The Bertz CT molecular complexity index is 2980. The summed E-state index contributed by atoms with van der Waals surface area (Å²) in [7, 11) is 0. The average Bonchev–Trinajstić information content (AvgIpc) is 3.26. The number of rotatable bonds is 6. The first-order chi connectivity index (χ1) is 26.7. The minimum Gasteiger partial charge on any atom is -0.208 e. The normalized spacial score (nSPS) is 11.3. The Balaban J connectivity index is 1.13. The van der Waals surface area contributed by atoms with Crippen molar-refractivity contribution in [1.29, 1.82) is 0 Å². The fourth-order valence-electron chi connectivity index (χ4n) is 7.63. The molecule has 0 atom stereocenters. The smallest absolute Gasteiger partial charge is 0.164 e. The number of aromatic nitrogens is 3. The largest absolute Gasteiger partial charge is 0.208 e. The predicted molar refractivity (Wildman–Crippen MR) is 225 cm³/mol. The van der Waals surface area contributed by atoms with E-state index < -0.39 is 0 Å². The van der Waals surface area contributed by atoms with Crippen LogP contribution in [0.1, 0.15) is 0 Å². The summed E-state index contributed by atoms with van der Waals surface area (Å²) in [6.07, 6.45) is 0. The molecule has 3 nitrogen and oxygen atoms in total. The number of hydrogen-bond donors (Lipinski definition) is 0. The Hall–Kier alpha value is -7.23. The molecular formula is C51H33N3. The van der Waals surface area contributed by atoms with Crippen molar-refractivity contribution < 1.29 is 0 Å². The molecule has 0 radical (unpaired) electrons. The lowest BCUT2D eigenvalue weighted by atomic mass is 9.90. The highest BCUT2D eigenvalue weighted by atomic mass is 15.0. The Morgan fingerprint density at radius 2 is 0.704 bits per heavy atom. The number of benzene rings is 9. The molecule has 9 aromatic carbocycles. The van der Waals surface area contributed by atoms with Crippen LogP contribution in [0, 0.1) is 0 Å². The van der Waals surface area contributed by atoms with Crippen LogP contribution in [-0.2, 0) is 0 Å². The third-order valence-corrected chi connectivity index (χ3v) is 10.3. The first-order valence-corrected chi connectivity index (χ1v) is 18.3. The second-order valence-corrected chi connectivity index (χ2v) is 13.6. The Labute approximate surface area is 313 Å². The molecule has 0 aliphatic carbocycles. The fourth-order valence-corrected chi connectivity index (χ4v) is 7.63. The van der Waals surface area contributed by atoms with E-state index in [0.717, 1.165) is 44.0 Å². The molecular weight excluding hydrogens is 655 g/mol. The minimum atomic E-state index is 0.634. The summed E-state index contributed by atoms with van der Waals surface area (Å²) in [6, 6.07) is 70.7. The van der Waals surface area contributed by atoms with E-state index in [-0.39, 0.29) is 0 Å². The molecule has 0 amide bonds. The first kappa shape index (κ1) is 31.5. The van der Waals surface area contributed by atoms with Crippen LogP contribution in [0.25, 0.3) is 99.9 Å². The lowest BCUT2D eigenvalue weighted by Gasteiger charge is -2.15. The summed E-state index contributed by atoms with van der Waals surface area (Å²) in [5.41, 5.74) is 9.91. The standard InChI is InChI=1S/C51H33N3/c1-3-14-34(15-4-1)44-22-11-12-24-47(44)48-33-42(32-39-19-8-10-23-46(39)48)51-53-49(36-17-5-2-6-18-36)52-50(54-51)41-29-27-37-30-40(28-26-38(37)31-41)45-25-13-20-35-16-7-9-21-43(35)45/h1-33H. The second kappa shape index (κ2) is 13.4. The van der Waals surface area contributed by atoms with E-state index in [2.05, 4.69) is 182 Å². The summed E-state index contributed by atoms with van der Waals surface area (Å²) < 4.78 is 0. The van der Waals surface area contributed by atoms with Crippen LogP contribution in [0.4, 0.5) is 0 Å². The van der Waals surface area contributed by atoms with E-state index in [4.69, 9.17) is 15.0 Å². The van der Waals surface area contributed by atoms with Gasteiger partial charge in [0, 0.05) is 16.7 Å². The van der Waals surface area contributed by atoms with Crippen LogP contribution < -0.4 is 0 Å². The van der Waals surface area contributed by atoms with Crippen molar-refractivity contribution in [1.82, 2.24) is 15.0 Å². The van der Waals surface area contributed by atoms with E-state index in [0.29, 0.717) is 17.5 Å². The van der Waals surface area contributed by atoms with Crippen molar-refractivity contribution in [2.75, 3.05) is 0 Å². The van der Waals surface area contributed by atoms with Crippen LogP contribution in [0.3, 0.4) is 0 Å². The van der Waals surface area contributed by atoms with Gasteiger partial charge in [0.1, 0.15) is 0 Å². The number of hydrogen-bond acceptors (Lipinski definition) is 3. The third kappa shape index (κ3) is 5.78. The predicted octanol–water partition coefficient (Wildman–Crippen LogP) is 13.3. The van der Waals surface area contributed by atoms with Crippen LogP contribution in [-0.4, -0.2) is 15.0 Å². The zero-order chi connectivity index (χ0) is 35.8. The summed E-state index contributed by atoms with van der Waals surface area (Å²) >= 11 is 0. The van der Waals surface area contributed by atoms with E-state index in [1.807, 2.05) is 18.2 Å². The third-order valence-electron chi connectivity index (χ3n) is 10.3. The maximum atomic E-state index is 5.21. The summed E-state index contributed by atoms with van der Waals surface area (Å²) in [5.74, 6) is 1.91. The molecule has 0 unspecified atom stereocenters. The van der Waals surface area contributed by atoms with Gasteiger partial charge in [-0.15, -0.1) is 0 Å². The van der Waals surface area contributed by atoms with Crippen molar-refractivity contribution in [2.45, 2.75) is 0 Å². The summed E-state index contributed by atoms with van der Waals surface area (Å²) in [4.78, 5) is 15.4. The molecule has 0 N–H and O–H groups in total. The summed E-state index contributed by atoms with van der Waals surface area (Å²) in [5, 5.41) is 7.10. The van der Waals surface area contributed by atoms with Gasteiger partial charge in [-0.3, -0.25) is 0 Å². The molecule has 0 saturated heterocycles. The van der Waals surface area contributed by atoms with Crippen molar-refractivity contribution in [3.05, 3.63) is 200 Å². The lowest BCUT2D eigenvalue weighted by molar-refractivity contribution is 1.08. The zero-order valence-corrected chi connectivity index (χ0v) is 29.4. The van der Waals surface area contributed by atoms with Gasteiger partial charge in [0.2, 0.25) is 0 Å². The number of nitrogens with zero attached hydrogens (tertiary/aromatic N) is 3. The molecule has 1 heterocycles. The van der Waals surface area contributed by atoms with Gasteiger partial charge in [0.15, 0.2) is 17.5 Å². The van der Waals surface area contributed by atoms with E-state index in [1.54, 1.807) is 0 Å². The van der Waals surface area contributed by atoms with Gasteiger partial charge in [0.05, 0.1) is 0 Å². The highest BCUT2D eigenvalue weighted by Crippen LogP contribution is 2.39. The minimum absolute atomic E-state index is 0.634. The van der Waals surface area contributed by atoms with Gasteiger partial charge in [-0.1, -0.05) is 176 Å². The van der Waals surface area contributed by atoms with E-state index in [1.165, 1.54) is 38.4 Å². The van der Waals surface area contributed by atoms with Gasteiger partial charge in [0.25, 0.3) is 0 Å². The molecule has 3 heteroatoms. The highest BCUT2D eigenvalue weighted by Gasteiger charge is 2.17. The topological polar surface area (TPSA) is 38.7 Å². The molecule has 10 rings (SSSR count). The molecule has 0 bridgehead atoms. The molecule has 54 heavy (non-hydrogen) atoms. The lowest BCUT2D eigenvalue weighted by Crippen LogP contribution is -2.00. The Morgan fingerprint density at radius 3 is 1.44 bits per heavy atom. The molecule has 0 fully saturated rings. The highest BCUT2D eigenvalue weighted by molar-refractivity contribution is 6.03. The number of fused-ring (bicyclic) bond motifs is 3. The van der Waals surface area contributed by atoms with Crippen LogP contribution in [0.2, 0.25) is 0 Å². The Kier molecular flexibility index (Phi) is 7.81. The van der Waals surface area contributed by atoms with E-state index in [9.17, 15) is 0 Å². The van der Waals surface area contributed by atoms with Gasteiger partial charge in [-0.05, 0) is 90.0 Å². The molecule has 10 aromatic rings. The molecule has 252 valence electrons. The Morgan fingerprint density at radius 1 is 0.222 bits per heavy atom. The van der Waals surface area contributed by atoms with Crippen molar-refractivity contribution in [3.63, 3.8) is 0 Å². The monoisotopic (exact) mass is 687 g/mol. The van der Waals surface area contributed by atoms with Crippen molar-refractivity contribution in [3.8, 4) is 67.5 Å². The van der Waals surface area contributed by atoms with Crippen molar-refractivity contribution >= 4 is 32.3 Å². The van der Waals surface area contributed by atoms with Crippen molar-refractivity contribution in [2.24, 2.45) is 0 Å². The quantitative estimate of drug-likeness (QED) is 0.175. The molecule has 0 aliphatic rings. The fraction of sp³-hybridized carbons (Fsp3) is 0. The van der Waals surface area contributed by atoms with Gasteiger partial charge < -0.3 is 0 Å². The van der Waals surface area contributed by atoms with Gasteiger partial charge in [-0.2, -0.15) is 0 Å². The SMILES string of the molecule is c1ccc(-c2nc(-c3ccc4cc(-c5cccc6ccccc56)ccc4c3)nc(-c3cc(-c4ccccc4-c4ccccc4)c4ccccc4c3)n2)cc1. The molecule has 1 aromatic heterocycles. The maximum Gasteiger partial charge on any atom is 0.164 e. The van der Waals surface area contributed by atoms with Crippen LogP contribution in [0.15, 0.2) is 200 Å². The molecule has 0 aliphatic heterocycles. The van der Waals surface area contributed by atoms with Crippen LogP contribution in [0.5, 0.6) is 0 Å². The van der Waals surface area contributed by atoms with Crippen LogP contribution >= 0.6 is 0 Å². The first-order valence-electron chi connectivity index (χ1n) is 18.3. The molecule has 0 saturated carbocycles. The van der Waals surface area contributed by atoms with E-state index >= 15 is 0 Å². The zero-order valence-electron chi connectivity index (χ0n) is 29.4. The molecule has 0 spiro atoms. The maximum absolute atomic E-state index is 5.21. The second-order valence-electron chi connectivity index (χ2n) is 13.6.